The predicted molar refractivity (Wildman–Crippen MR) is 77.3 cm³/mol. The van der Waals surface area contributed by atoms with Crippen LogP contribution >= 0.6 is 27.3 Å². The summed E-state index contributed by atoms with van der Waals surface area (Å²) in [6.07, 6.45) is 0. The van der Waals surface area contributed by atoms with Crippen molar-refractivity contribution in [3.63, 3.8) is 0 Å². The second-order valence-corrected chi connectivity index (χ2v) is 5.87. The second kappa shape index (κ2) is 5.91. The van der Waals surface area contributed by atoms with Gasteiger partial charge in [-0.1, -0.05) is 22.9 Å². The minimum absolute atomic E-state index is 0.241. The molecule has 5 heteroatoms. The van der Waals surface area contributed by atoms with Gasteiger partial charge in [-0.05, 0) is 31.7 Å². The maximum atomic E-state index is 13.3. The normalized spacial score (nSPS) is 10.9. The number of hydrogen-bond donors (Lipinski definition) is 1. The van der Waals surface area contributed by atoms with Crippen molar-refractivity contribution >= 4 is 27.3 Å². The number of thiazole rings is 1. The van der Waals surface area contributed by atoms with E-state index in [-0.39, 0.29) is 5.82 Å². The van der Waals surface area contributed by atoms with Crippen LogP contribution in [0.3, 0.4) is 0 Å². The largest absolute Gasteiger partial charge is 0.312 e. The van der Waals surface area contributed by atoms with Crippen LogP contribution in [0, 0.1) is 12.7 Å². The number of nitrogens with zero attached hydrogens (tertiary/aromatic N) is 1. The van der Waals surface area contributed by atoms with Gasteiger partial charge in [0.2, 0.25) is 0 Å². The maximum absolute atomic E-state index is 13.3. The highest BCUT2D eigenvalue weighted by atomic mass is 79.9. The van der Waals surface area contributed by atoms with E-state index in [1.165, 1.54) is 17.0 Å². The monoisotopic (exact) mass is 328 g/mol. The molecule has 96 valence electrons. The zero-order valence-corrected chi connectivity index (χ0v) is 12.7. The van der Waals surface area contributed by atoms with Gasteiger partial charge < -0.3 is 5.32 Å². The average molecular weight is 329 g/mol. The Kier molecular flexibility index (Phi) is 4.48. The van der Waals surface area contributed by atoms with Crippen LogP contribution in [-0.4, -0.2) is 11.5 Å². The number of aryl methyl sites for hydroxylation is 1. The van der Waals surface area contributed by atoms with E-state index in [9.17, 15) is 4.39 Å². The standard InChI is InChI=1S/C13H14BrFN2S/c1-3-16-7-12-8(2)17-13(18-12)10-6-9(15)4-5-11(10)14/h4-6,16H,3,7H2,1-2H3. The van der Waals surface area contributed by atoms with Crippen LogP contribution in [-0.2, 0) is 6.54 Å². The molecule has 0 aliphatic carbocycles. The van der Waals surface area contributed by atoms with Crippen LogP contribution in [0.25, 0.3) is 10.6 Å². The topological polar surface area (TPSA) is 24.9 Å². The van der Waals surface area contributed by atoms with E-state index in [1.54, 1.807) is 17.4 Å². The molecule has 0 amide bonds. The summed E-state index contributed by atoms with van der Waals surface area (Å²) in [4.78, 5) is 5.71. The van der Waals surface area contributed by atoms with Gasteiger partial charge in [0.25, 0.3) is 0 Å². The summed E-state index contributed by atoms with van der Waals surface area (Å²) in [5.74, 6) is -0.241. The highest BCUT2D eigenvalue weighted by molar-refractivity contribution is 9.10. The molecule has 0 radical (unpaired) electrons. The SMILES string of the molecule is CCNCc1sc(-c2cc(F)ccc2Br)nc1C. The summed E-state index contributed by atoms with van der Waals surface area (Å²) in [7, 11) is 0. The molecule has 1 aromatic carbocycles. The first kappa shape index (κ1) is 13.6. The van der Waals surface area contributed by atoms with E-state index in [2.05, 4.69) is 33.2 Å². The molecule has 0 aliphatic rings. The van der Waals surface area contributed by atoms with Crippen molar-refractivity contribution in [3.8, 4) is 10.6 Å². The lowest BCUT2D eigenvalue weighted by molar-refractivity contribution is 0.628. The lowest BCUT2D eigenvalue weighted by Crippen LogP contribution is -2.11. The first-order valence-electron chi connectivity index (χ1n) is 5.74. The number of rotatable bonds is 4. The van der Waals surface area contributed by atoms with Gasteiger partial charge in [-0.3, -0.25) is 0 Å². The quantitative estimate of drug-likeness (QED) is 0.912. The van der Waals surface area contributed by atoms with Crippen molar-refractivity contribution < 1.29 is 4.39 Å². The van der Waals surface area contributed by atoms with E-state index >= 15 is 0 Å². The van der Waals surface area contributed by atoms with Crippen molar-refractivity contribution in [2.24, 2.45) is 0 Å². The fraction of sp³-hybridized carbons (Fsp3) is 0.308. The highest BCUT2D eigenvalue weighted by Gasteiger charge is 2.12. The molecule has 0 spiro atoms. The van der Waals surface area contributed by atoms with Crippen molar-refractivity contribution in [2.75, 3.05) is 6.54 Å². The van der Waals surface area contributed by atoms with Gasteiger partial charge in [0, 0.05) is 21.5 Å². The first-order valence-corrected chi connectivity index (χ1v) is 7.35. The summed E-state index contributed by atoms with van der Waals surface area (Å²) in [5.41, 5.74) is 1.82. The minimum Gasteiger partial charge on any atom is -0.312 e. The molecular weight excluding hydrogens is 315 g/mol. The lowest BCUT2D eigenvalue weighted by atomic mass is 10.2. The van der Waals surface area contributed by atoms with E-state index in [0.717, 1.165) is 33.8 Å². The Morgan fingerprint density at radius 3 is 2.94 bits per heavy atom. The number of nitrogens with one attached hydrogen (secondary N) is 1. The Bertz CT molecular complexity index is 554. The van der Waals surface area contributed by atoms with E-state index in [1.807, 2.05) is 6.92 Å². The molecule has 18 heavy (non-hydrogen) atoms. The van der Waals surface area contributed by atoms with Gasteiger partial charge in [-0.25, -0.2) is 9.37 Å². The Morgan fingerprint density at radius 2 is 2.22 bits per heavy atom. The van der Waals surface area contributed by atoms with Gasteiger partial charge >= 0.3 is 0 Å². The van der Waals surface area contributed by atoms with Gasteiger partial charge in [0.05, 0.1) is 5.69 Å². The predicted octanol–water partition coefficient (Wildman–Crippen LogP) is 4.13. The van der Waals surface area contributed by atoms with E-state index in [4.69, 9.17) is 0 Å². The van der Waals surface area contributed by atoms with Crippen molar-refractivity contribution in [3.05, 3.63) is 39.1 Å². The molecular formula is C13H14BrFN2S. The van der Waals surface area contributed by atoms with Crippen LogP contribution in [0.2, 0.25) is 0 Å². The highest BCUT2D eigenvalue weighted by Crippen LogP contribution is 2.33. The smallest absolute Gasteiger partial charge is 0.125 e. The fourth-order valence-electron chi connectivity index (χ4n) is 1.61. The third-order valence-corrected chi connectivity index (χ3v) is 4.47. The van der Waals surface area contributed by atoms with Gasteiger partial charge in [-0.15, -0.1) is 11.3 Å². The van der Waals surface area contributed by atoms with E-state index < -0.39 is 0 Å². The number of hydrogen-bond acceptors (Lipinski definition) is 3. The molecule has 1 aromatic heterocycles. The second-order valence-electron chi connectivity index (χ2n) is 3.93. The lowest BCUT2D eigenvalue weighted by Gasteiger charge is -2.00. The van der Waals surface area contributed by atoms with Crippen molar-refractivity contribution in [1.29, 1.82) is 0 Å². The van der Waals surface area contributed by atoms with Crippen molar-refractivity contribution in [1.82, 2.24) is 10.3 Å². The molecule has 0 bridgehead atoms. The molecule has 1 heterocycles. The van der Waals surface area contributed by atoms with Crippen LogP contribution in [0.15, 0.2) is 22.7 Å². The third-order valence-electron chi connectivity index (χ3n) is 2.59. The molecule has 0 aliphatic heterocycles. The molecule has 0 fully saturated rings. The maximum Gasteiger partial charge on any atom is 0.125 e. The molecule has 0 atom stereocenters. The first-order chi connectivity index (χ1) is 8.61. The molecule has 0 unspecified atom stereocenters. The molecule has 2 nitrogen and oxygen atoms in total. The Balaban J connectivity index is 2.36. The molecule has 2 aromatic rings. The third kappa shape index (κ3) is 2.96. The number of benzene rings is 1. The Labute approximate surface area is 118 Å². The summed E-state index contributed by atoms with van der Waals surface area (Å²) in [5, 5.41) is 4.13. The molecule has 0 saturated heterocycles. The summed E-state index contributed by atoms with van der Waals surface area (Å²) in [6.45, 7) is 5.80. The van der Waals surface area contributed by atoms with Gasteiger partial charge in [-0.2, -0.15) is 0 Å². The van der Waals surface area contributed by atoms with Crippen LogP contribution < -0.4 is 5.32 Å². The zero-order chi connectivity index (χ0) is 13.1. The van der Waals surface area contributed by atoms with Crippen LogP contribution in [0.5, 0.6) is 0 Å². The average Bonchev–Trinajstić information content (AvgIpc) is 2.71. The Hall–Kier alpha value is -0.780. The Morgan fingerprint density at radius 1 is 1.44 bits per heavy atom. The molecule has 1 N–H and O–H groups in total. The summed E-state index contributed by atoms with van der Waals surface area (Å²) in [6, 6.07) is 4.67. The van der Waals surface area contributed by atoms with Crippen molar-refractivity contribution in [2.45, 2.75) is 20.4 Å². The molecule has 2 rings (SSSR count). The minimum atomic E-state index is -0.241. The van der Waals surface area contributed by atoms with Gasteiger partial charge in [0.15, 0.2) is 0 Å². The molecule has 0 saturated carbocycles. The summed E-state index contributed by atoms with van der Waals surface area (Å²) < 4.78 is 14.2. The number of halogens is 2. The van der Waals surface area contributed by atoms with E-state index in [0.29, 0.717) is 0 Å². The van der Waals surface area contributed by atoms with Gasteiger partial charge in [0.1, 0.15) is 10.8 Å². The van der Waals surface area contributed by atoms with Crippen LogP contribution in [0.4, 0.5) is 4.39 Å². The zero-order valence-electron chi connectivity index (χ0n) is 10.3. The van der Waals surface area contributed by atoms with Crippen LogP contribution in [0.1, 0.15) is 17.5 Å². The number of aromatic nitrogens is 1. The fourth-order valence-corrected chi connectivity index (χ4v) is 3.24. The summed E-state index contributed by atoms with van der Waals surface area (Å²) >= 11 is 5.04.